The van der Waals surface area contributed by atoms with Crippen molar-refractivity contribution < 1.29 is 0 Å². The SMILES string of the molecule is C=C\N=C/C=C(C)/C=C/N1CCCCC1. The third-order valence-corrected chi connectivity index (χ3v) is 2.47. The highest BCUT2D eigenvalue weighted by Crippen LogP contribution is 2.09. The lowest BCUT2D eigenvalue weighted by molar-refractivity contribution is 0.309. The Labute approximate surface area is 92.7 Å². The lowest BCUT2D eigenvalue weighted by atomic mass is 10.1. The minimum atomic E-state index is 1.20. The number of likely N-dealkylation sites (tertiary alicyclic amines) is 1. The van der Waals surface area contributed by atoms with Gasteiger partial charge in [-0.15, -0.1) is 0 Å². The van der Waals surface area contributed by atoms with Crippen LogP contribution in [0.5, 0.6) is 0 Å². The first-order valence-corrected chi connectivity index (χ1v) is 5.56. The Bertz CT molecular complexity index is 268. The fourth-order valence-electron chi connectivity index (χ4n) is 1.57. The molecule has 1 heterocycles. The van der Waals surface area contributed by atoms with Crippen molar-refractivity contribution in [2.75, 3.05) is 13.1 Å². The largest absolute Gasteiger partial charge is 0.377 e. The van der Waals surface area contributed by atoms with Crippen LogP contribution in [-0.2, 0) is 0 Å². The van der Waals surface area contributed by atoms with Crippen LogP contribution in [0.15, 0.2) is 41.7 Å². The van der Waals surface area contributed by atoms with Gasteiger partial charge in [-0.05, 0) is 50.1 Å². The Kier molecular flexibility index (Phi) is 5.52. The zero-order valence-corrected chi connectivity index (χ0v) is 9.52. The molecule has 0 amide bonds. The third-order valence-electron chi connectivity index (χ3n) is 2.47. The number of hydrogen-bond donors (Lipinski definition) is 0. The zero-order chi connectivity index (χ0) is 10.9. The summed E-state index contributed by atoms with van der Waals surface area (Å²) in [5.41, 5.74) is 1.21. The van der Waals surface area contributed by atoms with E-state index >= 15 is 0 Å². The van der Waals surface area contributed by atoms with E-state index in [0.29, 0.717) is 0 Å². The fourth-order valence-corrected chi connectivity index (χ4v) is 1.57. The molecule has 0 saturated carbocycles. The number of piperidine rings is 1. The van der Waals surface area contributed by atoms with E-state index < -0.39 is 0 Å². The molecule has 0 atom stereocenters. The van der Waals surface area contributed by atoms with Gasteiger partial charge in [0.15, 0.2) is 0 Å². The average Bonchev–Trinajstić information content (AvgIpc) is 2.28. The molecule has 15 heavy (non-hydrogen) atoms. The molecule has 0 aliphatic carbocycles. The molecule has 2 heteroatoms. The molecule has 1 saturated heterocycles. The normalized spacial score (nSPS) is 19.0. The van der Waals surface area contributed by atoms with Crippen LogP contribution in [0, 0.1) is 0 Å². The number of rotatable bonds is 4. The minimum Gasteiger partial charge on any atom is -0.377 e. The van der Waals surface area contributed by atoms with Crippen molar-refractivity contribution in [2.45, 2.75) is 26.2 Å². The van der Waals surface area contributed by atoms with Crippen molar-refractivity contribution in [3.05, 3.63) is 36.7 Å². The Hall–Kier alpha value is -1.31. The minimum absolute atomic E-state index is 1.20. The topological polar surface area (TPSA) is 15.6 Å². The van der Waals surface area contributed by atoms with Gasteiger partial charge in [-0.3, -0.25) is 4.99 Å². The highest BCUT2D eigenvalue weighted by Gasteiger charge is 2.04. The molecule has 1 rings (SSSR count). The maximum absolute atomic E-state index is 3.92. The molecule has 0 unspecified atom stereocenters. The first kappa shape index (κ1) is 11.8. The maximum Gasteiger partial charge on any atom is 0.0270 e. The van der Waals surface area contributed by atoms with Crippen LogP contribution in [0.2, 0.25) is 0 Å². The summed E-state index contributed by atoms with van der Waals surface area (Å²) in [5, 5.41) is 0. The molecule has 0 aromatic carbocycles. The molecule has 0 bridgehead atoms. The Morgan fingerprint density at radius 3 is 2.67 bits per heavy atom. The van der Waals surface area contributed by atoms with Crippen molar-refractivity contribution in [1.82, 2.24) is 4.90 Å². The summed E-state index contributed by atoms with van der Waals surface area (Å²) >= 11 is 0. The van der Waals surface area contributed by atoms with Crippen LogP contribution in [0.4, 0.5) is 0 Å². The van der Waals surface area contributed by atoms with Gasteiger partial charge in [-0.25, -0.2) is 0 Å². The highest BCUT2D eigenvalue weighted by atomic mass is 15.1. The Balaban J connectivity index is 2.37. The molecule has 0 spiro atoms. The second-order valence-electron chi connectivity index (χ2n) is 3.80. The molecule has 0 aromatic rings. The Morgan fingerprint density at radius 1 is 1.27 bits per heavy atom. The van der Waals surface area contributed by atoms with Gasteiger partial charge in [0.25, 0.3) is 0 Å². The number of hydrogen-bond acceptors (Lipinski definition) is 2. The monoisotopic (exact) mass is 204 g/mol. The summed E-state index contributed by atoms with van der Waals surface area (Å²) in [4.78, 5) is 6.30. The van der Waals surface area contributed by atoms with Gasteiger partial charge >= 0.3 is 0 Å². The van der Waals surface area contributed by atoms with Gasteiger partial charge < -0.3 is 4.90 Å². The van der Waals surface area contributed by atoms with E-state index in [2.05, 4.69) is 35.7 Å². The fraction of sp³-hybridized carbons (Fsp3) is 0.462. The summed E-state index contributed by atoms with van der Waals surface area (Å²) in [6, 6.07) is 0. The molecule has 1 aliphatic heterocycles. The predicted octanol–water partition coefficient (Wildman–Crippen LogP) is 3.15. The van der Waals surface area contributed by atoms with Gasteiger partial charge in [-0.1, -0.05) is 6.58 Å². The van der Waals surface area contributed by atoms with E-state index in [1.807, 2.05) is 6.08 Å². The number of nitrogens with zero attached hydrogens (tertiary/aromatic N) is 2. The second-order valence-corrected chi connectivity index (χ2v) is 3.80. The van der Waals surface area contributed by atoms with Crippen molar-refractivity contribution >= 4 is 6.21 Å². The van der Waals surface area contributed by atoms with Crippen molar-refractivity contribution in [3.63, 3.8) is 0 Å². The van der Waals surface area contributed by atoms with Crippen LogP contribution in [0.25, 0.3) is 0 Å². The molecule has 2 nitrogen and oxygen atoms in total. The summed E-state index contributed by atoms with van der Waals surface area (Å²) in [6.45, 7) is 8.00. The van der Waals surface area contributed by atoms with E-state index in [0.717, 1.165) is 0 Å². The maximum atomic E-state index is 3.92. The third kappa shape index (κ3) is 5.21. The molecule has 1 aliphatic rings. The smallest absolute Gasteiger partial charge is 0.0270 e. The van der Waals surface area contributed by atoms with Gasteiger partial charge in [0.2, 0.25) is 0 Å². The highest BCUT2D eigenvalue weighted by molar-refractivity contribution is 5.73. The van der Waals surface area contributed by atoms with Gasteiger partial charge in [0, 0.05) is 25.5 Å². The summed E-state index contributed by atoms with van der Waals surface area (Å²) in [5.74, 6) is 0. The molecular formula is C13H20N2. The number of allylic oxidation sites excluding steroid dienone is 3. The van der Waals surface area contributed by atoms with E-state index in [1.165, 1.54) is 44.1 Å². The second kappa shape index (κ2) is 7.04. The molecule has 0 aromatic heterocycles. The van der Waals surface area contributed by atoms with E-state index in [-0.39, 0.29) is 0 Å². The first-order valence-electron chi connectivity index (χ1n) is 5.56. The van der Waals surface area contributed by atoms with Crippen molar-refractivity contribution in [2.24, 2.45) is 4.99 Å². The molecular weight excluding hydrogens is 184 g/mol. The van der Waals surface area contributed by atoms with Crippen LogP contribution < -0.4 is 0 Å². The zero-order valence-electron chi connectivity index (χ0n) is 9.52. The summed E-state index contributed by atoms with van der Waals surface area (Å²) in [6.07, 6.45) is 13.7. The van der Waals surface area contributed by atoms with Crippen LogP contribution in [0.1, 0.15) is 26.2 Å². The van der Waals surface area contributed by atoms with Gasteiger partial charge in [0.1, 0.15) is 0 Å². The van der Waals surface area contributed by atoms with Crippen LogP contribution in [-0.4, -0.2) is 24.2 Å². The molecule has 0 radical (unpaired) electrons. The van der Waals surface area contributed by atoms with E-state index in [9.17, 15) is 0 Å². The molecule has 0 N–H and O–H groups in total. The van der Waals surface area contributed by atoms with E-state index in [4.69, 9.17) is 0 Å². The van der Waals surface area contributed by atoms with Gasteiger partial charge in [-0.2, -0.15) is 0 Å². The van der Waals surface area contributed by atoms with Crippen molar-refractivity contribution in [1.29, 1.82) is 0 Å². The lowest BCUT2D eigenvalue weighted by Gasteiger charge is -2.24. The van der Waals surface area contributed by atoms with Crippen LogP contribution >= 0.6 is 0 Å². The number of aliphatic imine (C=N–C) groups is 1. The predicted molar refractivity (Wildman–Crippen MR) is 67.0 cm³/mol. The van der Waals surface area contributed by atoms with E-state index in [1.54, 1.807) is 6.21 Å². The van der Waals surface area contributed by atoms with Crippen LogP contribution in [0.3, 0.4) is 0 Å². The first-order chi connectivity index (χ1) is 7.33. The quantitative estimate of drug-likeness (QED) is 0.507. The average molecular weight is 204 g/mol. The summed E-state index contributed by atoms with van der Waals surface area (Å²) in [7, 11) is 0. The Morgan fingerprint density at radius 2 is 2.00 bits per heavy atom. The molecule has 82 valence electrons. The van der Waals surface area contributed by atoms with Crippen molar-refractivity contribution in [3.8, 4) is 0 Å². The lowest BCUT2D eigenvalue weighted by Crippen LogP contribution is -2.24. The van der Waals surface area contributed by atoms with Gasteiger partial charge in [0.05, 0.1) is 0 Å². The molecule has 1 fully saturated rings. The summed E-state index contributed by atoms with van der Waals surface area (Å²) < 4.78 is 0. The standard InChI is InChI=1S/C13H20N2/c1-3-14-9-7-13(2)8-12-15-10-5-4-6-11-15/h3,7-9,12H,1,4-6,10-11H2,2H3/b12-8+,13-7+,14-9-.